The summed E-state index contributed by atoms with van der Waals surface area (Å²) in [6, 6.07) is 25.0. The maximum atomic E-state index is 12.7. The summed E-state index contributed by atoms with van der Waals surface area (Å²) in [5.41, 5.74) is 1.50. The number of anilines is 2. The second kappa shape index (κ2) is 10.6. The molecule has 0 heterocycles. The number of carboxylic acid groups (broad SMARTS) is 1. The molecule has 0 bridgehead atoms. The molecule has 35 heavy (non-hydrogen) atoms. The molecule has 0 aliphatic carbocycles. The van der Waals surface area contributed by atoms with E-state index in [4.69, 9.17) is 11.6 Å². The smallest absolute Gasteiger partial charge is 0.337 e. The standard InChI is InChI=1S/C27H21ClN2O4S/c1-16(25(31)30-21-10-13-24(28)23(15-21)27(33)34)35-22-11-8-20(9-12-22)29-26(32)19-7-6-17-4-2-3-5-18(17)14-19/h2-16H,1H3,(H,29,32)(H,30,31)(H,33,34). The first-order chi connectivity index (χ1) is 16.8. The summed E-state index contributed by atoms with van der Waals surface area (Å²) in [6.07, 6.45) is 0. The van der Waals surface area contributed by atoms with Crippen molar-refractivity contribution >= 4 is 63.3 Å². The number of carboxylic acids is 1. The number of thioether (sulfide) groups is 1. The van der Waals surface area contributed by atoms with E-state index in [-0.39, 0.29) is 22.4 Å². The number of fused-ring (bicyclic) bond motifs is 1. The summed E-state index contributed by atoms with van der Waals surface area (Å²) in [7, 11) is 0. The van der Waals surface area contributed by atoms with E-state index in [9.17, 15) is 19.5 Å². The zero-order valence-corrected chi connectivity index (χ0v) is 20.2. The third-order valence-corrected chi connectivity index (χ3v) is 6.71. The van der Waals surface area contributed by atoms with E-state index in [0.717, 1.165) is 15.7 Å². The molecule has 0 aliphatic rings. The van der Waals surface area contributed by atoms with Crippen LogP contribution in [0.1, 0.15) is 27.6 Å². The van der Waals surface area contributed by atoms with Crippen molar-refractivity contribution in [2.45, 2.75) is 17.1 Å². The number of amides is 2. The summed E-state index contributed by atoms with van der Waals surface area (Å²) in [5, 5.41) is 16.5. The number of carbonyl (C=O) groups excluding carboxylic acids is 2. The van der Waals surface area contributed by atoms with Crippen LogP contribution < -0.4 is 10.6 Å². The van der Waals surface area contributed by atoms with Crippen LogP contribution in [-0.2, 0) is 4.79 Å². The Labute approximate surface area is 211 Å². The maximum Gasteiger partial charge on any atom is 0.337 e. The lowest BCUT2D eigenvalue weighted by atomic mass is 10.1. The van der Waals surface area contributed by atoms with Gasteiger partial charge in [-0.05, 0) is 72.3 Å². The van der Waals surface area contributed by atoms with E-state index >= 15 is 0 Å². The number of aromatic carboxylic acids is 1. The molecule has 1 atom stereocenters. The van der Waals surface area contributed by atoms with E-state index in [2.05, 4.69) is 10.6 Å². The minimum absolute atomic E-state index is 0.0777. The predicted molar refractivity (Wildman–Crippen MR) is 141 cm³/mol. The van der Waals surface area contributed by atoms with Crippen LogP contribution in [0.15, 0.2) is 89.8 Å². The molecule has 0 saturated carbocycles. The van der Waals surface area contributed by atoms with E-state index in [0.29, 0.717) is 16.9 Å². The number of benzene rings is 4. The topological polar surface area (TPSA) is 95.5 Å². The van der Waals surface area contributed by atoms with Crippen molar-refractivity contribution in [3.8, 4) is 0 Å². The predicted octanol–water partition coefficient (Wildman–Crippen LogP) is 6.56. The Kier molecular flexibility index (Phi) is 7.39. The number of nitrogens with one attached hydrogen (secondary N) is 2. The second-order valence-electron chi connectivity index (χ2n) is 7.79. The fraction of sp³-hybridized carbons (Fsp3) is 0.0741. The normalized spacial score (nSPS) is 11.6. The quantitative estimate of drug-likeness (QED) is 0.248. The zero-order chi connectivity index (χ0) is 24.9. The largest absolute Gasteiger partial charge is 0.478 e. The van der Waals surface area contributed by atoms with Crippen molar-refractivity contribution in [3.63, 3.8) is 0 Å². The maximum absolute atomic E-state index is 12.7. The average molecular weight is 505 g/mol. The van der Waals surface area contributed by atoms with Gasteiger partial charge in [0.25, 0.3) is 5.91 Å². The highest BCUT2D eigenvalue weighted by molar-refractivity contribution is 8.00. The molecule has 0 aromatic heterocycles. The van der Waals surface area contributed by atoms with Crippen molar-refractivity contribution in [1.82, 2.24) is 0 Å². The third kappa shape index (κ3) is 6.01. The van der Waals surface area contributed by atoms with Gasteiger partial charge in [-0.15, -0.1) is 11.8 Å². The lowest BCUT2D eigenvalue weighted by Gasteiger charge is -2.13. The Hall–Kier alpha value is -3.81. The van der Waals surface area contributed by atoms with Crippen LogP contribution >= 0.6 is 23.4 Å². The van der Waals surface area contributed by atoms with Gasteiger partial charge in [0, 0.05) is 21.8 Å². The molecule has 2 amide bonds. The minimum atomic E-state index is -1.17. The summed E-state index contributed by atoms with van der Waals surface area (Å²) in [6.45, 7) is 1.75. The Morgan fingerprint density at radius 1 is 0.829 bits per heavy atom. The molecular formula is C27H21ClN2O4S. The van der Waals surface area contributed by atoms with Crippen LogP contribution in [-0.4, -0.2) is 28.1 Å². The molecule has 0 saturated heterocycles. The number of halogens is 1. The molecule has 176 valence electrons. The van der Waals surface area contributed by atoms with Gasteiger partial charge < -0.3 is 15.7 Å². The minimum Gasteiger partial charge on any atom is -0.478 e. The summed E-state index contributed by atoms with van der Waals surface area (Å²) in [4.78, 5) is 37.3. The molecule has 4 aromatic rings. The van der Waals surface area contributed by atoms with Crippen molar-refractivity contribution in [3.05, 3.63) is 101 Å². The van der Waals surface area contributed by atoms with Crippen LogP contribution in [0.4, 0.5) is 11.4 Å². The van der Waals surface area contributed by atoms with Gasteiger partial charge in [0.2, 0.25) is 5.91 Å². The Morgan fingerprint density at radius 2 is 1.51 bits per heavy atom. The van der Waals surface area contributed by atoms with E-state index in [1.165, 1.54) is 23.9 Å². The SMILES string of the molecule is CC(Sc1ccc(NC(=O)c2ccc3ccccc3c2)cc1)C(=O)Nc1ccc(Cl)c(C(=O)O)c1. The second-order valence-corrected chi connectivity index (χ2v) is 9.61. The number of hydrogen-bond acceptors (Lipinski definition) is 4. The zero-order valence-electron chi connectivity index (χ0n) is 18.6. The fourth-order valence-electron chi connectivity index (χ4n) is 3.42. The van der Waals surface area contributed by atoms with Gasteiger partial charge in [-0.3, -0.25) is 9.59 Å². The molecule has 0 fully saturated rings. The lowest BCUT2D eigenvalue weighted by molar-refractivity contribution is -0.115. The highest BCUT2D eigenvalue weighted by Gasteiger charge is 2.17. The van der Waals surface area contributed by atoms with Crippen molar-refractivity contribution in [2.75, 3.05) is 10.6 Å². The van der Waals surface area contributed by atoms with Gasteiger partial charge in [-0.25, -0.2) is 4.79 Å². The summed E-state index contributed by atoms with van der Waals surface area (Å²) >= 11 is 7.22. The molecule has 1 unspecified atom stereocenters. The summed E-state index contributed by atoms with van der Waals surface area (Å²) in [5.74, 6) is -1.64. The van der Waals surface area contributed by atoms with Gasteiger partial charge in [-0.1, -0.05) is 41.9 Å². The molecule has 8 heteroatoms. The van der Waals surface area contributed by atoms with Crippen LogP contribution in [0, 0.1) is 0 Å². The van der Waals surface area contributed by atoms with Crippen LogP contribution in [0.3, 0.4) is 0 Å². The van der Waals surface area contributed by atoms with Gasteiger partial charge in [0.05, 0.1) is 15.8 Å². The molecule has 0 radical (unpaired) electrons. The van der Waals surface area contributed by atoms with Crippen LogP contribution in [0.2, 0.25) is 5.02 Å². The fourth-order valence-corrected chi connectivity index (χ4v) is 4.48. The van der Waals surface area contributed by atoms with Gasteiger partial charge >= 0.3 is 5.97 Å². The molecule has 0 aliphatic heterocycles. The molecule has 6 nitrogen and oxygen atoms in total. The van der Waals surface area contributed by atoms with Gasteiger partial charge in [-0.2, -0.15) is 0 Å². The number of rotatable bonds is 7. The highest BCUT2D eigenvalue weighted by Crippen LogP contribution is 2.27. The van der Waals surface area contributed by atoms with Crippen molar-refractivity contribution in [1.29, 1.82) is 0 Å². The number of hydrogen-bond donors (Lipinski definition) is 3. The molecule has 4 rings (SSSR count). The Balaban J connectivity index is 1.36. The third-order valence-electron chi connectivity index (χ3n) is 5.27. The van der Waals surface area contributed by atoms with Gasteiger partial charge in [0.1, 0.15) is 0 Å². The van der Waals surface area contributed by atoms with Crippen molar-refractivity contribution < 1.29 is 19.5 Å². The highest BCUT2D eigenvalue weighted by atomic mass is 35.5. The van der Waals surface area contributed by atoms with Crippen LogP contribution in [0.25, 0.3) is 10.8 Å². The molecule has 3 N–H and O–H groups in total. The Morgan fingerprint density at radius 3 is 2.23 bits per heavy atom. The van der Waals surface area contributed by atoms with E-state index in [1.54, 1.807) is 31.2 Å². The van der Waals surface area contributed by atoms with E-state index in [1.807, 2.05) is 48.5 Å². The first-order valence-corrected chi connectivity index (χ1v) is 12.0. The molecule has 0 spiro atoms. The monoisotopic (exact) mass is 504 g/mol. The number of carbonyl (C=O) groups is 3. The summed E-state index contributed by atoms with van der Waals surface area (Å²) < 4.78 is 0. The molecule has 4 aromatic carbocycles. The Bertz CT molecular complexity index is 1420. The van der Waals surface area contributed by atoms with Crippen LogP contribution in [0.5, 0.6) is 0 Å². The first kappa shape index (κ1) is 24.3. The molecular weight excluding hydrogens is 484 g/mol. The van der Waals surface area contributed by atoms with E-state index < -0.39 is 11.2 Å². The van der Waals surface area contributed by atoms with Crippen molar-refractivity contribution in [2.24, 2.45) is 0 Å². The first-order valence-electron chi connectivity index (χ1n) is 10.7. The van der Waals surface area contributed by atoms with Gasteiger partial charge in [0.15, 0.2) is 0 Å². The average Bonchev–Trinajstić information content (AvgIpc) is 2.85. The lowest BCUT2D eigenvalue weighted by Crippen LogP contribution is -2.22.